The quantitative estimate of drug-likeness (QED) is 0.548. The van der Waals surface area contributed by atoms with Crippen LogP contribution in [0, 0.1) is 6.92 Å². The molecule has 142 valence electrons. The van der Waals surface area contributed by atoms with Crippen molar-refractivity contribution in [2.24, 2.45) is 0 Å². The molecule has 0 saturated carbocycles. The molecule has 0 bridgehead atoms. The highest BCUT2D eigenvalue weighted by Gasteiger charge is 2.40. The van der Waals surface area contributed by atoms with Crippen molar-refractivity contribution >= 4 is 28.2 Å². The van der Waals surface area contributed by atoms with Crippen LogP contribution in [0.2, 0.25) is 5.02 Å². The zero-order valence-corrected chi connectivity index (χ0v) is 17.0. The van der Waals surface area contributed by atoms with Gasteiger partial charge in [-0.25, -0.2) is 0 Å². The maximum atomic E-state index is 10.8. The zero-order chi connectivity index (χ0) is 19.5. The molecule has 3 aromatic rings. The molecule has 0 saturated heterocycles. The average molecular weight is 385 g/mol. The molecule has 2 atom stereocenters. The number of benzene rings is 2. The molecule has 0 amide bonds. The second kappa shape index (κ2) is 6.18. The van der Waals surface area contributed by atoms with Crippen LogP contribution >= 0.6 is 11.6 Å². The maximum absolute atomic E-state index is 10.8. The van der Waals surface area contributed by atoms with Crippen LogP contribution < -0.4 is 10.1 Å². The number of aliphatic hydroxyl groups excluding tert-OH is 1. The van der Waals surface area contributed by atoms with Gasteiger partial charge in [0.2, 0.25) is 0 Å². The number of nitrogens with one attached hydrogen (secondary N) is 2. The monoisotopic (exact) mass is 384 g/mol. The summed E-state index contributed by atoms with van der Waals surface area (Å²) in [7, 11) is 1.67. The van der Waals surface area contributed by atoms with E-state index in [4.69, 9.17) is 16.3 Å². The fourth-order valence-electron chi connectivity index (χ4n) is 4.26. The van der Waals surface area contributed by atoms with E-state index >= 15 is 0 Å². The molecule has 1 aromatic heterocycles. The molecule has 27 heavy (non-hydrogen) atoms. The average Bonchev–Trinajstić information content (AvgIpc) is 3.10. The second-order valence-electron chi connectivity index (χ2n) is 8.04. The number of hydrogen-bond acceptors (Lipinski definition) is 3. The molecule has 0 spiro atoms. The Morgan fingerprint density at radius 1 is 1.19 bits per heavy atom. The number of rotatable bonds is 2. The molecule has 0 radical (unpaired) electrons. The molecule has 0 unspecified atom stereocenters. The minimum Gasteiger partial charge on any atom is -0.497 e. The number of fused-ring (bicyclic) bond motifs is 2. The second-order valence-corrected chi connectivity index (χ2v) is 8.42. The van der Waals surface area contributed by atoms with Crippen LogP contribution in [0.1, 0.15) is 37.8 Å². The fourth-order valence-corrected chi connectivity index (χ4v) is 4.69. The topological polar surface area (TPSA) is 57.3 Å². The van der Waals surface area contributed by atoms with Crippen molar-refractivity contribution in [3.05, 3.63) is 46.6 Å². The first kappa shape index (κ1) is 18.2. The molecule has 0 fully saturated rings. The number of H-pyrrole nitrogens is 1. The molecular formula is C22H25ClN2O2. The Hall–Kier alpha value is -2.17. The predicted molar refractivity (Wildman–Crippen MR) is 112 cm³/mol. The van der Waals surface area contributed by atoms with Crippen molar-refractivity contribution in [2.45, 2.75) is 45.3 Å². The smallest absolute Gasteiger partial charge is 0.120 e. The van der Waals surface area contributed by atoms with E-state index in [0.29, 0.717) is 5.02 Å². The minimum atomic E-state index is -0.534. The third kappa shape index (κ3) is 2.70. The summed E-state index contributed by atoms with van der Waals surface area (Å²) < 4.78 is 5.49. The van der Waals surface area contributed by atoms with E-state index in [2.05, 4.69) is 23.3 Å². The summed E-state index contributed by atoms with van der Waals surface area (Å²) >= 11 is 6.94. The zero-order valence-electron chi connectivity index (χ0n) is 16.3. The van der Waals surface area contributed by atoms with Gasteiger partial charge in [0.05, 0.1) is 29.3 Å². The van der Waals surface area contributed by atoms with E-state index in [-0.39, 0.29) is 5.92 Å². The molecule has 1 aliphatic heterocycles. The number of ether oxygens (including phenoxy) is 1. The number of anilines is 1. The lowest BCUT2D eigenvalue weighted by Gasteiger charge is -2.43. The first-order valence-electron chi connectivity index (χ1n) is 9.19. The van der Waals surface area contributed by atoms with Gasteiger partial charge in [-0.1, -0.05) is 18.5 Å². The first-order valence-corrected chi connectivity index (χ1v) is 9.57. The Morgan fingerprint density at radius 3 is 2.63 bits per heavy atom. The van der Waals surface area contributed by atoms with Gasteiger partial charge < -0.3 is 20.1 Å². The number of aromatic nitrogens is 1. The SMILES string of the molecule is COc1cc(-c2cc(C)c3c(c2Cl)[C@H](C)[C@@H](O)C(C)(C)N3)c2[nH]ccc2c1. The number of methoxy groups -OCH3 is 1. The summed E-state index contributed by atoms with van der Waals surface area (Å²) in [6.45, 7) is 8.15. The van der Waals surface area contributed by atoms with Crippen LogP contribution in [-0.4, -0.2) is 28.8 Å². The van der Waals surface area contributed by atoms with Gasteiger partial charge in [-0.2, -0.15) is 0 Å². The Labute approximate surface area is 164 Å². The van der Waals surface area contributed by atoms with E-state index < -0.39 is 11.6 Å². The molecular weight excluding hydrogens is 360 g/mol. The number of aliphatic hydroxyl groups is 1. The maximum Gasteiger partial charge on any atom is 0.120 e. The summed E-state index contributed by atoms with van der Waals surface area (Å²) in [4.78, 5) is 3.32. The van der Waals surface area contributed by atoms with Crippen LogP contribution in [-0.2, 0) is 0 Å². The predicted octanol–water partition coefficient (Wildman–Crippen LogP) is 5.47. The third-order valence-electron chi connectivity index (χ3n) is 5.77. The lowest BCUT2D eigenvalue weighted by atomic mass is 9.77. The van der Waals surface area contributed by atoms with E-state index in [1.54, 1.807) is 7.11 Å². The van der Waals surface area contributed by atoms with E-state index in [0.717, 1.165) is 44.6 Å². The molecule has 0 aliphatic carbocycles. The molecule has 2 aromatic carbocycles. The van der Waals surface area contributed by atoms with Crippen molar-refractivity contribution in [2.75, 3.05) is 12.4 Å². The summed E-state index contributed by atoms with van der Waals surface area (Å²) in [5.41, 5.74) is 5.66. The number of halogens is 1. The van der Waals surface area contributed by atoms with Gasteiger partial charge in [0, 0.05) is 39.9 Å². The van der Waals surface area contributed by atoms with E-state index in [1.165, 1.54) is 0 Å². The Kier molecular flexibility index (Phi) is 4.17. The lowest BCUT2D eigenvalue weighted by Crippen LogP contribution is -2.50. The summed E-state index contributed by atoms with van der Waals surface area (Å²) in [5, 5.41) is 16.0. The van der Waals surface area contributed by atoms with Gasteiger partial charge in [0.15, 0.2) is 0 Å². The lowest BCUT2D eigenvalue weighted by molar-refractivity contribution is 0.0869. The number of aromatic amines is 1. The van der Waals surface area contributed by atoms with Crippen LogP contribution in [0.4, 0.5) is 5.69 Å². The van der Waals surface area contributed by atoms with E-state index in [1.807, 2.05) is 45.2 Å². The highest BCUT2D eigenvalue weighted by Crippen LogP contribution is 2.48. The normalized spacial score (nSPS) is 21.0. The largest absolute Gasteiger partial charge is 0.497 e. The Bertz CT molecular complexity index is 1040. The summed E-state index contributed by atoms with van der Waals surface area (Å²) in [6.07, 6.45) is 1.39. The van der Waals surface area contributed by atoms with Crippen LogP contribution in [0.5, 0.6) is 5.75 Å². The molecule has 1 aliphatic rings. The first-order chi connectivity index (χ1) is 12.7. The molecule has 5 heteroatoms. The van der Waals surface area contributed by atoms with Gasteiger partial charge >= 0.3 is 0 Å². The van der Waals surface area contributed by atoms with E-state index in [9.17, 15) is 5.11 Å². The van der Waals surface area contributed by atoms with Gasteiger partial charge in [0.1, 0.15) is 5.75 Å². The van der Waals surface area contributed by atoms with Crippen molar-refractivity contribution in [1.29, 1.82) is 0 Å². The van der Waals surface area contributed by atoms with Gasteiger partial charge in [-0.15, -0.1) is 0 Å². The van der Waals surface area contributed by atoms with Crippen molar-refractivity contribution in [1.82, 2.24) is 4.98 Å². The van der Waals surface area contributed by atoms with Gasteiger partial charge in [0.25, 0.3) is 0 Å². The summed E-state index contributed by atoms with van der Waals surface area (Å²) in [5.74, 6) is 0.711. The Balaban J connectivity index is 2.00. The van der Waals surface area contributed by atoms with Gasteiger partial charge in [-0.05, 0) is 50.6 Å². The summed E-state index contributed by atoms with van der Waals surface area (Å²) in [6, 6.07) is 8.15. The standard InChI is InChI=1S/C22H25ClN2O2/c1-11-8-15(16-10-14(27-5)9-13-6-7-24-20(13)16)18(23)17-12(2)21(26)22(3,4)25-19(11)17/h6-10,12,21,24-26H,1-5H3/t12-,21+/m0/s1. The van der Waals surface area contributed by atoms with Crippen LogP contribution in [0.25, 0.3) is 22.0 Å². The number of aryl methyl sites for hydroxylation is 1. The highest BCUT2D eigenvalue weighted by atomic mass is 35.5. The van der Waals surface area contributed by atoms with Crippen molar-refractivity contribution in [3.8, 4) is 16.9 Å². The molecule has 2 heterocycles. The van der Waals surface area contributed by atoms with Crippen LogP contribution in [0.3, 0.4) is 0 Å². The highest BCUT2D eigenvalue weighted by molar-refractivity contribution is 6.35. The fraction of sp³-hybridized carbons (Fsp3) is 0.364. The minimum absolute atomic E-state index is 0.0767. The van der Waals surface area contributed by atoms with Gasteiger partial charge in [-0.3, -0.25) is 0 Å². The molecule has 3 N–H and O–H groups in total. The van der Waals surface area contributed by atoms with Crippen molar-refractivity contribution in [3.63, 3.8) is 0 Å². The Morgan fingerprint density at radius 2 is 1.93 bits per heavy atom. The number of hydrogen-bond donors (Lipinski definition) is 3. The molecule has 4 rings (SSSR count). The third-order valence-corrected chi connectivity index (χ3v) is 6.18. The molecule has 4 nitrogen and oxygen atoms in total. The van der Waals surface area contributed by atoms with Crippen molar-refractivity contribution < 1.29 is 9.84 Å². The van der Waals surface area contributed by atoms with Crippen LogP contribution in [0.15, 0.2) is 30.5 Å².